The fourth-order valence-electron chi connectivity index (χ4n) is 2.40. The Morgan fingerprint density at radius 3 is 2.60 bits per heavy atom. The Morgan fingerprint density at radius 2 is 1.90 bits per heavy atom. The highest BCUT2D eigenvalue weighted by Crippen LogP contribution is 2.22. The Kier molecular flexibility index (Phi) is 5.07. The van der Waals surface area contributed by atoms with E-state index >= 15 is 0 Å². The van der Waals surface area contributed by atoms with E-state index in [9.17, 15) is 4.79 Å². The van der Waals surface area contributed by atoms with Gasteiger partial charge in [-0.2, -0.15) is 12.6 Å². The van der Waals surface area contributed by atoms with Crippen molar-refractivity contribution in [2.45, 2.75) is 32.7 Å². The maximum absolute atomic E-state index is 11.4. The van der Waals surface area contributed by atoms with Gasteiger partial charge in [-0.25, -0.2) is 0 Å². The molecule has 1 N–H and O–H groups in total. The van der Waals surface area contributed by atoms with Gasteiger partial charge < -0.3 is 5.32 Å². The highest BCUT2D eigenvalue weighted by atomic mass is 32.1. The van der Waals surface area contributed by atoms with Crippen molar-refractivity contribution >= 4 is 29.3 Å². The van der Waals surface area contributed by atoms with E-state index in [1.165, 1.54) is 16.3 Å². The van der Waals surface area contributed by atoms with Gasteiger partial charge in [0.25, 0.3) is 0 Å². The summed E-state index contributed by atoms with van der Waals surface area (Å²) in [6.07, 6.45) is 2.28. The molecule has 0 aromatic heterocycles. The van der Waals surface area contributed by atoms with Crippen LogP contribution in [0.15, 0.2) is 36.4 Å². The van der Waals surface area contributed by atoms with E-state index < -0.39 is 0 Å². The normalized spacial score (nSPS) is 12.3. The first-order valence-electron chi connectivity index (χ1n) is 7.07. The summed E-state index contributed by atoms with van der Waals surface area (Å²) in [7, 11) is 0. The highest BCUT2D eigenvalue weighted by Gasteiger charge is 2.08. The molecular weight excluding hydrogens is 266 g/mol. The third-order valence-corrected chi connectivity index (χ3v) is 3.78. The molecule has 0 saturated heterocycles. The molecule has 0 bridgehead atoms. The molecule has 3 heteroatoms. The number of hydrogen-bond donors (Lipinski definition) is 2. The summed E-state index contributed by atoms with van der Waals surface area (Å²) >= 11 is 3.98. The van der Waals surface area contributed by atoms with Gasteiger partial charge in [-0.15, -0.1) is 0 Å². The van der Waals surface area contributed by atoms with Gasteiger partial charge >= 0.3 is 0 Å². The van der Waals surface area contributed by atoms with Crippen molar-refractivity contribution in [1.82, 2.24) is 5.32 Å². The lowest BCUT2D eigenvalue weighted by Crippen LogP contribution is -2.27. The molecule has 2 aromatic carbocycles. The number of hydrogen-bond acceptors (Lipinski definition) is 2. The number of fused-ring (bicyclic) bond motifs is 1. The molecule has 0 aliphatic rings. The standard InChI is InChI=1S/C17H21NOS/c1-3-4-13-5-6-16-10-14(7-8-15(16)9-13)12(2)18-17(19)11-20/h5-10,12,20H,3-4,11H2,1-2H3,(H,18,19). The predicted molar refractivity (Wildman–Crippen MR) is 88.4 cm³/mol. The number of rotatable bonds is 5. The summed E-state index contributed by atoms with van der Waals surface area (Å²) in [5, 5.41) is 5.40. The van der Waals surface area contributed by atoms with Crippen LogP contribution in [0, 0.1) is 0 Å². The quantitative estimate of drug-likeness (QED) is 0.802. The van der Waals surface area contributed by atoms with Crippen molar-refractivity contribution in [2.75, 3.05) is 5.75 Å². The first kappa shape index (κ1) is 14.9. The van der Waals surface area contributed by atoms with E-state index in [0.717, 1.165) is 18.4 Å². The van der Waals surface area contributed by atoms with E-state index in [4.69, 9.17) is 0 Å². The monoisotopic (exact) mass is 287 g/mol. The van der Waals surface area contributed by atoms with Crippen molar-refractivity contribution < 1.29 is 4.79 Å². The molecule has 1 atom stereocenters. The van der Waals surface area contributed by atoms with E-state index in [2.05, 4.69) is 61.3 Å². The Hall–Kier alpha value is -1.48. The van der Waals surface area contributed by atoms with Crippen LogP contribution in [-0.4, -0.2) is 11.7 Å². The highest BCUT2D eigenvalue weighted by molar-refractivity contribution is 7.81. The molecule has 1 unspecified atom stereocenters. The van der Waals surface area contributed by atoms with Crippen LogP contribution in [0.2, 0.25) is 0 Å². The maximum atomic E-state index is 11.4. The molecule has 0 saturated carbocycles. The Balaban J connectivity index is 2.25. The number of carbonyl (C=O) groups is 1. The molecule has 1 amide bonds. The number of nitrogens with one attached hydrogen (secondary N) is 1. The summed E-state index contributed by atoms with van der Waals surface area (Å²) in [5.41, 5.74) is 2.50. The van der Waals surface area contributed by atoms with Crippen molar-refractivity contribution in [3.63, 3.8) is 0 Å². The molecule has 0 heterocycles. The molecule has 0 radical (unpaired) electrons. The molecule has 2 nitrogen and oxygen atoms in total. The van der Waals surface area contributed by atoms with E-state index in [1.54, 1.807) is 0 Å². The number of amides is 1. The first-order valence-corrected chi connectivity index (χ1v) is 7.70. The smallest absolute Gasteiger partial charge is 0.230 e. The lowest BCUT2D eigenvalue weighted by Gasteiger charge is -2.14. The SMILES string of the molecule is CCCc1ccc2cc(C(C)NC(=O)CS)ccc2c1. The van der Waals surface area contributed by atoms with Crippen molar-refractivity contribution in [2.24, 2.45) is 0 Å². The van der Waals surface area contributed by atoms with E-state index in [-0.39, 0.29) is 17.7 Å². The second-order valence-corrected chi connectivity index (χ2v) is 5.45. The van der Waals surface area contributed by atoms with Gasteiger partial charge in [-0.05, 0) is 41.3 Å². The van der Waals surface area contributed by atoms with Crippen LogP contribution in [0.1, 0.15) is 37.4 Å². The maximum Gasteiger partial charge on any atom is 0.230 e. The summed E-state index contributed by atoms with van der Waals surface area (Å²) in [4.78, 5) is 11.4. The number of thiol groups is 1. The van der Waals surface area contributed by atoms with Gasteiger partial charge in [-0.3, -0.25) is 4.79 Å². The van der Waals surface area contributed by atoms with Crippen LogP contribution in [0.4, 0.5) is 0 Å². The number of carbonyl (C=O) groups excluding carboxylic acids is 1. The van der Waals surface area contributed by atoms with Crippen LogP contribution < -0.4 is 5.32 Å². The third kappa shape index (κ3) is 3.54. The summed E-state index contributed by atoms with van der Waals surface area (Å²) < 4.78 is 0. The second kappa shape index (κ2) is 6.80. The van der Waals surface area contributed by atoms with Gasteiger partial charge in [0.05, 0.1) is 11.8 Å². The fourth-order valence-corrected chi connectivity index (χ4v) is 2.49. The van der Waals surface area contributed by atoms with Gasteiger partial charge in [0, 0.05) is 0 Å². The van der Waals surface area contributed by atoms with Crippen LogP contribution in [-0.2, 0) is 11.2 Å². The van der Waals surface area contributed by atoms with Crippen molar-refractivity contribution in [1.29, 1.82) is 0 Å². The minimum Gasteiger partial charge on any atom is -0.349 e. The van der Waals surface area contributed by atoms with Gasteiger partial charge in [0.15, 0.2) is 0 Å². The van der Waals surface area contributed by atoms with Crippen molar-refractivity contribution in [3.05, 3.63) is 47.5 Å². The van der Waals surface area contributed by atoms with Gasteiger partial charge in [-0.1, -0.05) is 43.7 Å². The first-order chi connectivity index (χ1) is 9.63. The van der Waals surface area contributed by atoms with E-state index in [0.29, 0.717) is 0 Å². The number of benzene rings is 2. The summed E-state index contributed by atoms with van der Waals surface area (Å²) in [5.74, 6) is 0.178. The molecule has 0 aliphatic heterocycles. The molecular formula is C17H21NOS. The number of aryl methyl sites for hydroxylation is 1. The largest absolute Gasteiger partial charge is 0.349 e. The van der Waals surface area contributed by atoms with E-state index in [1.807, 2.05) is 6.92 Å². The topological polar surface area (TPSA) is 29.1 Å². The van der Waals surface area contributed by atoms with Crippen molar-refractivity contribution in [3.8, 4) is 0 Å². The minimum atomic E-state index is -0.0424. The fraction of sp³-hybridized carbons (Fsp3) is 0.353. The minimum absolute atomic E-state index is 0.00867. The average Bonchev–Trinajstić information content (AvgIpc) is 2.46. The lowest BCUT2D eigenvalue weighted by molar-refractivity contribution is -0.119. The molecule has 106 valence electrons. The van der Waals surface area contributed by atoms with Gasteiger partial charge in [0.1, 0.15) is 0 Å². The van der Waals surface area contributed by atoms with Crippen LogP contribution in [0.25, 0.3) is 10.8 Å². The zero-order valence-corrected chi connectivity index (χ0v) is 12.9. The Labute approximate surface area is 126 Å². The van der Waals surface area contributed by atoms with Crippen LogP contribution in [0.3, 0.4) is 0 Å². The molecule has 20 heavy (non-hydrogen) atoms. The zero-order valence-electron chi connectivity index (χ0n) is 12.0. The van der Waals surface area contributed by atoms with Gasteiger partial charge in [0.2, 0.25) is 5.91 Å². The zero-order chi connectivity index (χ0) is 14.5. The summed E-state index contributed by atoms with van der Waals surface area (Å²) in [6.45, 7) is 4.19. The molecule has 0 fully saturated rings. The van der Waals surface area contributed by atoms with Crippen LogP contribution in [0.5, 0.6) is 0 Å². The molecule has 2 rings (SSSR count). The predicted octanol–water partition coefficient (Wildman–Crippen LogP) is 3.90. The molecule has 2 aromatic rings. The molecule has 0 spiro atoms. The Bertz CT molecular complexity index is 609. The second-order valence-electron chi connectivity index (χ2n) is 5.14. The molecule has 0 aliphatic carbocycles. The van der Waals surface area contributed by atoms with Crippen LogP contribution >= 0.6 is 12.6 Å². The lowest BCUT2D eigenvalue weighted by atomic mass is 10.00. The Morgan fingerprint density at radius 1 is 1.20 bits per heavy atom. The summed E-state index contributed by atoms with van der Waals surface area (Å²) in [6, 6.07) is 13.0. The third-order valence-electron chi connectivity index (χ3n) is 3.49. The average molecular weight is 287 g/mol.